The van der Waals surface area contributed by atoms with Crippen molar-refractivity contribution in [2.24, 2.45) is 11.8 Å². The number of carboxylic acids is 1. The molecule has 0 bridgehead atoms. The Morgan fingerprint density at radius 3 is 2.67 bits per heavy atom. The molecule has 3 aromatic rings. The van der Waals surface area contributed by atoms with Gasteiger partial charge >= 0.3 is 5.97 Å². The lowest BCUT2D eigenvalue weighted by Gasteiger charge is -2.36. The number of fused-ring (bicyclic) bond motifs is 1. The van der Waals surface area contributed by atoms with Crippen LogP contribution in [0.5, 0.6) is 5.75 Å². The molecule has 1 aromatic heterocycles. The number of carbonyl (C=O) groups is 2. The van der Waals surface area contributed by atoms with Crippen LogP contribution in [-0.2, 0) is 9.59 Å². The van der Waals surface area contributed by atoms with E-state index in [-0.39, 0.29) is 22.0 Å². The van der Waals surface area contributed by atoms with Gasteiger partial charge in [-0.15, -0.1) is 0 Å². The van der Waals surface area contributed by atoms with Crippen molar-refractivity contribution in [1.29, 1.82) is 0 Å². The smallest absolute Gasteiger partial charge is 0.306 e. The molecule has 3 atom stereocenters. The third kappa shape index (κ3) is 5.57. The van der Waals surface area contributed by atoms with Crippen molar-refractivity contribution in [2.45, 2.75) is 39.2 Å². The van der Waals surface area contributed by atoms with Gasteiger partial charge in [-0.1, -0.05) is 30.1 Å². The maximum Gasteiger partial charge on any atom is 0.306 e. The van der Waals surface area contributed by atoms with Crippen molar-refractivity contribution >= 4 is 46.0 Å². The molecule has 1 aliphatic rings. The first kappa shape index (κ1) is 26.2. The van der Waals surface area contributed by atoms with Gasteiger partial charge in [0.25, 0.3) is 5.91 Å². The first-order chi connectivity index (χ1) is 17.2. The second kappa shape index (κ2) is 11.0. The zero-order valence-corrected chi connectivity index (χ0v) is 21.5. The maximum absolute atomic E-state index is 13.5. The second-order valence-corrected chi connectivity index (χ2v) is 9.89. The van der Waals surface area contributed by atoms with E-state index in [0.29, 0.717) is 41.9 Å². The lowest BCUT2D eigenvalue weighted by molar-refractivity contribution is -0.148. The highest BCUT2D eigenvalue weighted by molar-refractivity contribution is 6.34. The van der Waals surface area contributed by atoms with Crippen molar-refractivity contribution in [3.63, 3.8) is 0 Å². The topological polar surface area (TPSA) is 79.7 Å². The molecule has 0 aliphatic carbocycles. The SMILES string of the molecule is CCC(C(=O)O)[C@H]1CCCN(C(=O)[C@@H](C)Oc2ccc3c(-c4ccc(F)cc4Cl)cc(Cl)nc3c2)C1. The van der Waals surface area contributed by atoms with Crippen LogP contribution in [0.15, 0.2) is 42.5 Å². The number of halogens is 3. The summed E-state index contributed by atoms with van der Waals surface area (Å²) in [4.78, 5) is 30.8. The molecule has 36 heavy (non-hydrogen) atoms. The van der Waals surface area contributed by atoms with Crippen molar-refractivity contribution < 1.29 is 23.8 Å². The number of ether oxygens (including phenoxy) is 1. The molecular formula is C27H27Cl2FN2O4. The molecule has 2 heterocycles. The number of benzene rings is 2. The predicted octanol–water partition coefficient (Wildman–Crippen LogP) is 6.46. The van der Waals surface area contributed by atoms with Crippen LogP contribution in [0.25, 0.3) is 22.0 Å². The molecule has 2 aromatic carbocycles. The number of carboxylic acid groups (broad SMARTS) is 1. The summed E-state index contributed by atoms with van der Waals surface area (Å²) in [5, 5.41) is 10.8. The van der Waals surface area contributed by atoms with E-state index in [4.69, 9.17) is 27.9 Å². The lowest BCUT2D eigenvalue weighted by atomic mass is 9.83. The van der Waals surface area contributed by atoms with Gasteiger partial charge in [0, 0.05) is 30.1 Å². The van der Waals surface area contributed by atoms with Crippen LogP contribution < -0.4 is 4.74 Å². The zero-order valence-electron chi connectivity index (χ0n) is 20.0. The number of aliphatic carboxylic acids is 1. The fourth-order valence-corrected chi connectivity index (χ4v) is 5.41. The number of nitrogens with zero attached hydrogens (tertiary/aromatic N) is 2. The summed E-state index contributed by atoms with van der Waals surface area (Å²) in [6.07, 6.45) is 1.32. The molecule has 4 rings (SSSR count). The highest BCUT2D eigenvalue weighted by Gasteiger charge is 2.34. The molecule has 1 unspecified atom stereocenters. The molecule has 0 spiro atoms. The number of likely N-dealkylation sites (tertiary alicyclic amines) is 1. The summed E-state index contributed by atoms with van der Waals surface area (Å²) in [7, 11) is 0. The van der Waals surface area contributed by atoms with Crippen LogP contribution in [-0.4, -0.2) is 46.1 Å². The van der Waals surface area contributed by atoms with Gasteiger partial charge in [-0.05, 0) is 74.1 Å². The Morgan fingerprint density at radius 1 is 1.19 bits per heavy atom. The largest absolute Gasteiger partial charge is 0.481 e. The number of hydrogen-bond acceptors (Lipinski definition) is 4. The van der Waals surface area contributed by atoms with E-state index >= 15 is 0 Å². The van der Waals surface area contributed by atoms with Crippen molar-refractivity contribution in [2.75, 3.05) is 13.1 Å². The van der Waals surface area contributed by atoms with Gasteiger partial charge in [-0.2, -0.15) is 0 Å². The average molecular weight is 533 g/mol. The summed E-state index contributed by atoms with van der Waals surface area (Å²) in [6.45, 7) is 4.53. The standard InChI is InChI=1S/C27H27Cl2FN2O4/c1-3-19(27(34)35)16-5-4-10-32(14-16)26(33)15(2)36-18-7-9-21-22(13-25(29)31-24(21)12-18)20-8-6-17(30)11-23(20)28/h6-9,11-13,15-16,19H,3-5,10,14H2,1-2H3,(H,34,35)/t15-,16+,19?/m1/s1. The summed E-state index contributed by atoms with van der Waals surface area (Å²) in [5.41, 5.74) is 1.87. The minimum absolute atomic E-state index is 0.0684. The number of aromatic nitrogens is 1. The van der Waals surface area contributed by atoms with Gasteiger partial charge in [-0.3, -0.25) is 9.59 Å². The lowest BCUT2D eigenvalue weighted by Crippen LogP contribution is -2.47. The molecule has 190 valence electrons. The van der Waals surface area contributed by atoms with Crippen LogP contribution in [0.2, 0.25) is 10.2 Å². The molecule has 1 aliphatic heterocycles. The van der Waals surface area contributed by atoms with Crippen molar-refractivity contribution in [1.82, 2.24) is 9.88 Å². The van der Waals surface area contributed by atoms with E-state index in [2.05, 4.69) is 4.98 Å². The Morgan fingerprint density at radius 2 is 1.97 bits per heavy atom. The van der Waals surface area contributed by atoms with E-state index < -0.39 is 23.8 Å². The van der Waals surface area contributed by atoms with Gasteiger partial charge in [0.1, 0.15) is 16.7 Å². The molecule has 1 fully saturated rings. The Labute approximate surface area is 219 Å². The van der Waals surface area contributed by atoms with Crippen LogP contribution in [0.3, 0.4) is 0 Å². The molecule has 0 saturated carbocycles. The van der Waals surface area contributed by atoms with Crippen LogP contribution in [0, 0.1) is 17.7 Å². The minimum Gasteiger partial charge on any atom is -0.481 e. The number of piperidine rings is 1. The van der Waals surface area contributed by atoms with Gasteiger partial charge in [0.15, 0.2) is 6.10 Å². The van der Waals surface area contributed by atoms with Crippen molar-refractivity contribution in [3.8, 4) is 16.9 Å². The Bertz CT molecular complexity index is 1300. The summed E-state index contributed by atoms with van der Waals surface area (Å²) < 4.78 is 19.5. The monoisotopic (exact) mass is 532 g/mol. The zero-order chi connectivity index (χ0) is 26.0. The Kier molecular flexibility index (Phi) is 8.00. The number of amides is 1. The molecule has 1 N–H and O–H groups in total. The van der Waals surface area contributed by atoms with Gasteiger partial charge in [0.05, 0.1) is 16.5 Å². The average Bonchev–Trinajstić information content (AvgIpc) is 2.83. The quantitative estimate of drug-likeness (QED) is 0.353. The highest BCUT2D eigenvalue weighted by Crippen LogP contribution is 2.36. The highest BCUT2D eigenvalue weighted by atomic mass is 35.5. The molecule has 9 heteroatoms. The van der Waals surface area contributed by atoms with Crippen LogP contribution >= 0.6 is 23.2 Å². The number of carbonyl (C=O) groups excluding carboxylic acids is 1. The summed E-state index contributed by atoms with van der Waals surface area (Å²) in [5.74, 6) is -1.52. The normalized spacial score (nSPS) is 17.6. The van der Waals surface area contributed by atoms with E-state index in [1.165, 1.54) is 12.1 Å². The van der Waals surface area contributed by atoms with Crippen molar-refractivity contribution in [3.05, 3.63) is 58.5 Å². The third-order valence-corrected chi connectivity index (χ3v) is 7.23. The fraction of sp³-hybridized carbons (Fsp3) is 0.370. The second-order valence-electron chi connectivity index (χ2n) is 9.10. The number of hydrogen-bond donors (Lipinski definition) is 1. The summed E-state index contributed by atoms with van der Waals surface area (Å²) in [6, 6.07) is 11.1. The number of rotatable bonds is 7. The molecule has 6 nitrogen and oxygen atoms in total. The fourth-order valence-electron chi connectivity index (χ4n) is 4.94. The molecular weight excluding hydrogens is 506 g/mol. The Balaban J connectivity index is 1.54. The molecule has 0 radical (unpaired) electrons. The first-order valence-corrected chi connectivity index (χ1v) is 12.7. The summed E-state index contributed by atoms with van der Waals surface area (Å²) >= 11 is 12.5. The minimum atomic E-state index is -0.815. The van der Waals surface area contributed by atoms with E-state index in [9.17, 15) is 19.1 Å². The van der Waals surface area contributed by atoms with E-state index in [1.54, 1.807) is 42.2 Å². The van der Waals surface area contributed by atoms with Gasteiger partial charge < -0.3 is 14.7 Å². The van der Waals surface area contributed by atoms with E-state index in [0.717, 1.165) is 18.2 Å². The Hall–Kier alpha value is -2.90. The number of pyridine rings is 1. The maximum atomic E-state index is 13.5. The first-order valence-electron chi connectivity index (χ1n) is 11.9. The molecule has 1 saturated heterocycles. The van der Waals surface area contributed by atoms with E-state index in [1.807, 2.05) is 6.92 Å². The van der Waals surface area contributed by atoms with Crippen LogP contribution in [0.1, 0.15) is 33.1 Å². The van der Waals surface area contributed by atoms with Gasteiger partial charge in [0.2, 0.25) is 0 Å². The third-order valence-electron chi connectivity index (χ3n) is 6.73. The predicted molar refractivity (Wildman–Crippen MR) is 138 cm³/mol. The van der Waals surface area contributed by atoms with Crippen LogP contribution in [0.4, 0.5) is 4.39 Å². The van der Waals surface area contributed by atoms with Gasteiger partial charge in [-0.25, -0.2) is 9.37 Å². The molecule has 1 amide bonds.